The normalized spacial score (nSPS) is 39.2. The van der Waals surface area contributed by atoms with Crippen molar-refractivity contribution >= 4 is 5.97 Å². The summed E-state index contributed by atoms with van der Waals surface area (Å²) in [7, 11) is 1.50. The van der Waals surface area contributed by atoms with Crippen LogP contribution in [0.25, 0.3) is 0 Å². The number of rotatable bonds is 5. The summed E-state index contributed by atoms with van der Waals surface area (Å²) >= 11 is 0. The lowest BCUT2D eigenvalue weighted by Crippen LogP contribution is -2.53. The number of ether oxygens (including phenoxy) is 5. The van der Waals surface area contributed by atoms with Gasteiger partial charge in [0.15, 0.2) is 17.6 Å². The number of aliphatic hydroxyl groups is 2. The van der Waals surface area contributed by atoms with Gasteiger partial charge in [-0.3, -0.25) is 0 Å². The lowest BCUT2D eigenvalue weighted by molar-refractivity contribution is -0.228. The van der Waals surface area contributed by atoms with E-state index in [-0.39, 0.29) is 24.5 Å². The van der Waals surface area contributed by atoms with Crippen LogP contribution in [-0.4, -0.2) is 72.3 Å². The van der Waals surface area contributed by atoms with Gasteiger partial charge in [0.25, 0.3) is 0 Å². The summed E-state index contributed by atoms with van der Waals surface area (Å²) in [6.07, 6.45) is -5.47. The molecule has 8 atom stereocenters. The molecule has 1 aromatic carbocycles. The number of aliphatic carboxylic acids is 1. The number of fused-ring (bicyclic) bond motifs is 1. The van der Waals surface area contributed by atoms with E-state index in [2.05, 4.69) is 6.92 Å². The third kappa shape index (κ3) is 3.80. The predicted molar refractivity (Wildman–Crippen MR) is 97.6 cm³/mol. The highest BCUT2D eigenvalue weighted by atomic mass is 16.7. The van der Waals surface area contributed by atoms with Crippen LogP contribution in [0.1, 0.15) is 25.0 Å². The van der Waals surface area contributed by atoms with Crippen LogP contribution in [0, 0.1) is 11.8 Å². The summed E-state index contributed by atoms with van der Waals surface area (Å²) in [5.74, 6) is 0.0233. The zero-order chi connectivity index (χ0) is 20.7. The minimum Gasteiger partial charge on any atom is -0.493 e. The summed E-state index contributed by atoms with van der Waals surface area (Å²) in [6.45, 7) is 3.32. The molecule has 3 saturated heterocycles. The Balaban J connectivity index is 1.54. The van der Waals surface area contributed by atoms with Crippen LogP contribution in [0.2, 0.25) is 0 Å². The van der Waals surface area contributed by atoms with E-state index >= 15 is 0 Å². The fourth-order valence-electron chi connectivity index (χ4n) is 4.33. The van der Waals surface area contributed by atoms with E-state index in [0.717, 1.165) is 5.56 Å². The molecule has 1 aromatic rings. The number of carboxylic acids is 1. The van der Waals surface area contributed by atoms with Gasteiger partial charge >= 0.3 is 5.97 Å². The van der Waals surface area contributed by atoms with Gasteiger partial charge in [0, 0.05) is 18.3 Å². The standard InChI is InChI=1S/C20H26O9/c1-9-11-7-27-18(12(11)8-26-9)10-3-4-14(25-2)15(5-10)28-16-6-13(21)17(22)19(29-16)20(23)24/h3-5,9,11-13,16-19,21-22H,6-8H2,1-2H3,(H,23,24)/t9-,11?,12?,13+,16?,17-,18+,19-/m1/s1. The third-order valence-corrected chi connectivity index (χ3v) is 6.02. The van der Waals surface area contributed by atoms with Gasteiger partial charge in [-0.25, -0.2) is 4.79 Å². The first kappa shape index (κ1) is 20.4. The molecule has 3 fully saturated rings. The summed E-state index contributed by atoms with van der Waals surface area (Å²) in [4.78, 5) is 11.3. The second kappa shape index (κ2) is 8.08. The summed E-state index contributed by atoms with van der Waals surface area (Å²) in [5, 5.41) is 29.0. The van der Waals surface area contributed by atoms with E-state index in [1.165, 1.54) is 7.11 Å². The smallest absolute Gasteiger partial charge is 0.335 e. The molecular formula is C20H26O9. The second-order valence-electron chi connectivity index (χ2n) is 7.77. The highest BCUT2D eigenvalue weighted by Crippen LogP contribution is 2.46. The molecule has 0 radical (unpaired) electrons. The van der Waals surface area contributed by atoms with E-state index in [4.69, 9.17) is 23.7 Å². The number of benzene rings is 1. The molecule has 0 spiro atoms. The maximum atomic E-state index is 11.3. The monoisotopic (exact) mass is 410 g/mol. The lowest BCUT2D eigenvalue weighted by atomic mass is 9.87. The van der Waals surface area contributed by atoms with Crippen molar-refractivity contribution in [3.8, 4) is 11.5 Å². The molecule has 3 heterocycles. The van der Waals surface area contributed by atoms with Crippen molar-refractivity contribution in [3.05, 3.63) is 23.8 Å². The minimum absolute atomic E-state index is 0.0751. The molecule has 9 nitrogen and oxygen atoms in total. The SMILES string of the molecule is COc1ccc([C@@H]2OCC3C2CO[C@@H]3C)cc1OC1C[C@H](O)[C@@H](O)[C@H](C(=O)O)O1. The van der Waals surface area contributed by atoms with Crippen LogP contribution in [-0.2, 0) is 19.0 Å². The molecule has 4 rings (SSSR count). The predicted octanol–water partition coefficient (Wildman–Crippen LogP) is 0.718. The summed E-state index contributed by atoms with van der Waals surface area (Å²) < 4.78 is 28.3. The first-order valence-corrected chi connectivity index (χ1v) is 9.71. The van der Waals surface area contributed by atoms with Crippen LogP contribution in [0.3, 0.4) is 0 Å². The number of carboxylic acid groups (broad SMARTS) is 1. The van der Waals surface area contributed by atoms with Gasteiger partial charge in [0.2, 0.25) is 6.29 Å². The molecule has 3 unspecified atom stereocenters. The highest BCUT2D eigenvalue weighted by Gasteiger charge is 2.46. The zero-order valence-electron chi connectivity index (χ0n) is 16.3. The number of methoxy groups -OCH3 is 1. The largest absolute Gasteiger partial charge is 0.493 e. The highest BCUT2D eigenvalue weighted by molar-refractivity contribution is 5.73. The lowest BCUT2D eigenvalue weighted by Gasteiger charge is -2.35. The van der Waals surface area contributed by atoms with Crippen LogP contribution >= 0.6 is 0 Å². The summed E-state index contributed by atoms with van der Waals surface area (Å²) in [5.41, 5.74) is 0.900. The van der Waals surface area contributed by atoms with Gasteiger partial charge in [0.1, 0.15) is 6.10 Å². The van der Waals surface area contributed by atoms with Gasteiger partial charge in [-0.2, -0.15) is 0 Å². The molecule has 9 heteroatoms. The topological polar surface area (TPSA) is 124 Å². The molecule has 0 bridgehead atoms. The van der Waals surface area contributed by atoms with Gasteiger partial charge < -0.3 is 39.0 Å². The average molecular weight is 410 g/mol. The quantitative estimate of drug-likeness (QED) is 0.644. The van der Waals surface area contributed by atoms with Crippen LogP contribution in [0.5, 0.6) is 11.5 Å². The molecule has 0 amide bonds. The molecule has 29 heavy (non-hydrogen) atoms. The van der Waals surface area contributed by atoms with Crippen molar-refractivity contribution in [1.29, 1.82) is 0 Å². The van der Waals surface area contributed by atoms with Gasteiger partial charge in [-0.05, 0) is 24.6 Å². The zero-order valence-corrected chi connectivity index (χ0v) is 16.3. The van der Waals surface area contributed by atoms with E-state index < -0.39 is 30.6 Å². The molecule has 3 aliphatic heterocycles. The fourth-order valence-corrected chi connectivity index (χ4v) is 4.33. The molecule has 0 aliphatic carbocycles. The van der Waals surface area contributed by atoms with E-state index in [1.807, 2.05) is 6.07 Å². The Morgan fingerprint density at radius 1 is 1.14 bits per heavy atom. The van der Waals surface area contributed by atoms with Crippen LogP contribution in [0.4, 0.5) is 0 Å². The van der Waals surface area contributed by atoms with Crippen molar-refractivity contribution < 1.29 is 43.8 Å². The third-order valence-electron chi connectivity index (χ3n) is 6.02. The second-order valence-corrected chi connectivity index (χ2v) is 7.77. The molecule has 160 valence electrons. The maximum absolute atomic E-state index is 11.3. The van der Waals surface area contributed by atoms with E-state index in [0.29, 0.717) is 30.6 Å². The Labute approximate surface area is 168 Å². The Bertz CT molecular complexity index is 753. The van der Waals surface area contributed by atoms with Gasteiger partial charge in [-0.15, -0.1) is 0 Å². The molecule has 0 saturated carbocycles. The van der Waals surface area contributed by atoms with Crippen molar-refractivity contribution in [2.45, 2.75) is 50.2 Å². The van der Waals surface area contributed by atoms with Crippen molar-refractivity contribution in [2.24, 2.45) is 11.8 Å². The van der Waals surface area contributed by atoms with Crippen molar-refractivity contribution in [2.75, 3.05) is 20.3 Å². The molecular weight excluding hydrogens is 384 g/mol. The molecule has 3 aliphatic rings. The Morgan fingerprint density at radius 3 is 2.62 bits per heavy atom. The average Bonchev–Trinajstić information content (AvgIpc) is 3.27. The summed E-state index contributed by atoms with van der Waals surface area (Å²) in [6, 6.07) is 5.44. The first-order valence-electron chi connectivity index (χ1n) is 9.71. The Kier molecular flexibility index (Phi) is 5.67. The van der Waals surface area contributed by atoms with Crippen LogP contribution in [0.15, 0.2) is 18.2 Å². The van der Waals surface area contributed by atoms with Gasteiger partial charge in [0.05, 0.1) is 38.6 Å². The Morgan fingerprint density at radius 2 is 1.90 bits per heavy atom. The molecule has 3 N–H and O–H groups in total. The van der Waals surface area contributed by atoms with Gasteiger partial charge in [-0.1, -0.05) is 6.07 Å². The number of hydrogen-bond acceptors (Lipinski definition) is 8. The van der Waals surface area contributed by atoms with E-state index in [1.54, 1.807) is 12.1 Å². The van der Waals surface area contributed by atoms with Crippen molar-refractivity contribution in [3.63, 3.8) is 0 Å². The molecule has 0 aromatic heterocycles. The number of carbonyl (C=O) groups is 1. The van der Waals surface area contributed by atoms with Crippen molar-refractivity contribution in [1.82, 2.24) is 0 Å². The fraction of sp³-hybridized carbons (Fsp3) is 0.650. The van der Waals surface area contributed by atoms with E-state index in [9.17, 15) is 20.1 Å². The maximum Gasteiger partial charge on any atom is 0.335 e. The number of hydrogen-bond donors (Lipinski definition) is 3. The van der Waals surface area contributed by atoms with Crippen LogP contribution < -0.4 is 9.47 Å². The Hall–Kier alpha value is -1.91. The minimum atomic E-state index is -1.58. The first-order chi connectivity index (χ1) is 13.9. The number of aliphatic hydroxyl groups excluding tert-OH is 2.